The Balaban J connectivity index is 3.28. The lowest BCUT2D eigenvalue weighted by Gasteiger charge is -2.20. The Morgan fingerprint density at radius 3 is 2.46 bits per heavy atom. The van der Waals surface area contributed by atoms with Gasteiger partial charge in [0.25, 0.3) is 0 Å². The lowest BCUT2D eigenvalue weighted by Crippen LogP contribution is -2.34. The number of aliphatic carboxylic acids is 1. The monoisotopic (exact) mass is 183 g/mol. The van der Waals surface area contributed by atoms with Crippen molar-refractivity contribution in [1.82, 2.24) is 4.57 Å². The number of rotatable bonds is 2. The van der Waals surface area contributed by atoms with Gasteiger partial charge in [0.2, 0.25) is 0 Å². The molecule has 0 aliphatic rings. The van der Waals surface area contributed by atoms with Gasteiger partial charge in [-0.25, -0.2) is 4.79 Å². The summed E-state index contributed by atoms with van der Waals surface area (Å²) < 4.78 is 1.61. The Morgan fingerprint density at radius 2 is 2.15 bits per heavy atom. The van der Waals surface area contributed by atoms with Crippen molar-refractivity contribution >= 4 is 5.97 Å². The molecular weight excluding hydrogens is 170 g/mol. The van der Waals surface area contributed by atoms with E-state index in [0.717, 1.165) is 5.56 Å². The van der Waals surface area contributed by atoms with Gasteiger partial charge in [-0.3, -0.25) is 0 Å². The second kappa shape index (κ2) is 2.88. The number of aryl methyl sites for hydroxylation is 2. The van der Waals surface area contributed by atoms with Gasteiger partial charge in [0.1, 0.15) is 0 Å². The summed E-state index contributed by atoms with van der Waals surface area (Å²) in [6.45, 7) is 3.05. The molecule has 0 bridgehead atoms. The van der Waals surface area contributed by atoms with Crippen LogP contribution in [0.2, 0.25) is 0 Å². The van der Waals surface area contributed by atoms with E-state index in [1.165, 1.54) is 6.92 Å². The maximum Gasteiger partial charge on any atom is 0.341 e. The van der Waals surface area contributed by atoms with Crippen LogP contribution in [0.5, 0.6) is 0 Å². The third kappa shape index (κ3) is 1.45. The summed E-state index contributed by atoms with van der Waals surface area (Å²) in [4.78, 5) is 10.8. The molecule has 1 rings (SSSR count). The van der Waals surface area contributed by atoms with E-state index in [0.29, 0.717) is 5.69 Å². The molecule has 0 saturated carbocycles. The quantitative estimate of drug-likeness (QED) is 0.706. The molecule has 72 valence electrons. The second-order valence-corrected chi connectivity index (χ2v) is 3.34. The first-order valence-electron chi connectivity index (χ1n) is 3.95. The molecule has 1 heterocycles. The van der Waals surface area contributed by atoms with E-state index < -0.39 is 11.6 Å². The summed E-state index contributed by atoms with van der Waals surface area (Å²) in [6, 6.07) is 1.77. The van der Waals surface area contributed by atoms with E-state index in [9.17, 15) is 9.90 Å². The molecule has 0 spiro atoms. The van der Waals surface area contributed by atoms with E-state index in [-0.39, 0.29) is 0 Å². The van der Waals surface area contributed by atoms with Gasteiger partial charge < -0.3 is 14.8 Å². The minimum atomic E-state index is -1.82. The third-order valence-corrected chi connectivity index (χ3v) is 2.15. The maximum absolute atomic E-state index is 10.8. The first kappa shape index (κ1) is 9.80. The molecular formula is C9H13NO3. The molecule has 0 radical (unpaired) electrons. The number of carboxylic acids is 1. The first-order chi connectivity index (χ1) is 5.87. The number of carbonyl (C=O) groups is 1. The van der Waals surface area contributed by atoms with E-state index in [1.807, 2.05) is 0 Å². The number of carboxylic acid groups (broad SMARTS) is 1. The van der Waals surface area contributed by atoms with Gasteiger partial charge in [0.15, 0.2) is 5.60 Å². The number of hydrogen-bond donors (Lipinski definition) is 2. The fraction of sp³-hybridized carbons (Fsp3) is 0.444. The molecule has 0 aliphatic heterocycles. The number of nitrogens with zero attached hydrogens (tertiary/aromatic N) is 1. The van der Waals surface area contributed by atoms with Crippen molar-refractivity contribution in [2.45, 2.75) is 19.4 Å². The van der Waals surface area contributed by atoms with Crippen LogP contribution in [0.1, 0.15) is 18.2 Å². The fourth-order valence-electron chi connectivity index (χ4n) is 1.48. The Morgan fingerprint density at radius 1 is 1.62 bits per heavy atom. The molecule has 0 aliphatic carbocycles. The molecule has 13 heavy (non-hydrogen) atoms. The number of hydrogen-bond acceptors (Lipinski definition) is 2. The Hall–Kier alpha value is -1.29. The standard InChI is InChI=1S/C9H13NO3/c1-6-4-5-10(3)7(6)9(2,13)8(11)12/h4-5,13H,1-3H3,(H,11,12). The average molecular weight is 183 g/mol. The van der Waals surface area contributed by atoms with Crippen LogP contribution < -0.4 is 0 Å². The van der Waals surface area contributed by atoms with Crippen LogP contribution in [0.4, 0.5) is 0 Å². The topological polar surface area (TPSA) is 62.5 Å². The van der Waals surface area contributed by atoms with Crippen LogP contribution in [0.25, 0.3) is 0 Å². The highest BCUT2D eigenvalue weighted by Gasteiger charge is 2.35. The van der Waals surface area contributed by atoms with E-state index in [2.05, 4.69) is 0 Å². The molecule has 1 aromatic rings. The summed E-state index contributed by atoms with van der Waals surface area (Å²) in [7, 11) is 1.71. The Kier molecular flexibility index (Phi) is 2.17. The predicted molar refractivity (Wildman–Crippen MR) is 47.4 cm³/mol. The van der Waals surface area contributed by atoms with Gasteiger partial charge in [0.05, 0.1) is 5.69 Å². The fourth-order valence-corrected chi connectivity index (χ4v) is 1.48. The lowest BCUT2D eigenvalue weighted by atomic mass is 10.00. The predicted octanol–water partition coefficient (Wildman–Crippen LogP) is 0.626. The van der Waals surface area contributed by atoms with Crippen molar-refractivity contribution in [1.29, 1.82) is 0 Å². The molecule has 0 amide bonds. The molecule has 0 saturated heterocycles. The zero-order valence-electron chi connectivity index (χ0n) is 7.90. The summed E-state index contributed by atoms with van der Waals surface area (Å²) in [6.07, 6.45) is 1.72. The van der Waals surface area contributed by atoms with Crippen molar-refractivity contribution in [2.75, 3.05) is 0 Å². The average Bonchev–Trinajstić information content (AvgIpc) is 2.30. The molecule has 0 aromatic carbocycles. The zero-order chi connectivity index (χ0) is 10.2. The maximum atomic E-state index is 10.8. The highest BCUT2D eigenvalue weighted by molar-refractivity contribution is 5.78. The van der Waals surface area contributed by atoms with Gasteiger partial charge in [-0.05, 0) is 25.5 Å². The minimum absolute atomic E-state index is 0.417. The van der Waals surface area contributed by atoms with Crippen LogP contribution in [-0.4, -0.2) is 20.7 Å². The van der Waals surface area contributed by atoms with E-state index in [1.54, 1.807) is 30.8 Å². The SMILES string of the molecule is Cc1ccn(C)c1C(C)(O)C(=O)O. The molecule has 2 N–H and O–H groups in total. The summed E-state index contributed by atoms with van der Waals surface area (Å²) >= 11 is 0. The molecule has 4 heteroatoms. The van der Waals surface area contributed by atoms with E-state index in [4.69, 9.17) is 5.11 Å². The van der Waals surface area contributed by atoms with Gasteiger partial charge in [-0.15, -0.1) is 0 Å². The Bertz CT molecular complexity index is 319. The van der Waals surface area contributed by atoms with Crippen molar-refractivity contribution in [2.24, 2.45) is 7.05 Å². The second-order valence-electron chi connectivity index (χ2n) is 3.34. The van der Waals surface area contributed by atoms with Gasteiger partial charge >= 0.3 is 5.97 Å². The van der Waals surface area contributed by atoms with Gasteiger partial charge in [-0.1, -0.05) is 0 Å². The van der Waals surface area contributed by atoms with Crippen molar-refractivity contribution in [3.05, 3.63) is 23.5 Å². The third-order valence-electron chi connectivity index (χ3n) is 2.15. The molecule has 1 atom stereocenters. The van der Waals surface area contributed by atoms with Crippen LogP contribution in [0, 0.1) is 6.92 Å². The lowest BCUT2D eigenvalue weighted by molar-refractivity contribution is -0.158. The van der Waals surface area contributed by atoms with Crippen LogP contribution in [-0.2, 0) is 17.4 Å². The molecule has 0 fully saturated rings. The summed E-state index contributed by atoms with van der Waals surface area (Å²) in [5.74, 6) is -1.24. The molecule has 1 aromatic heterocycles. The summed E-state index contributed by atoms with van der Waals surface area (Å²) in [5, 5.41) is 18.5. The molecule has 4 nitrogen and oxygen atoms in total. The smallest absolute Gasteiger partial charge is 0.341 e. The van der Waals surface area contributed by atoms with E-state index >= 15 is 0 Å². The van der Waals surface area contributed by atoms with Crippen LogP contribution >= 0.6 is 0 Å². The number of aliphatic hydroxyl groups is 1. The minimum Gasteiger partial charge on any atom is -0.479 e. The highest BCUT2D eigenvalue weighted by atomic mass is 16.4. The van der Waals surface area contributed by atoms with Crippen molar-refractivity contribution < 1.29 is 15.0 Å². The first-order valence-corrected chi connectivity index (χ1v) is 3.95. The molecule has 1 unspecified atom stereocenters. The highest BCUT2D eigenvalue weighted by Crippen LogP contribution is 2.24. The van der Waals surface area contributed by atoms with Crippen molar-refractivity contribution in [3.8, 4) is 0 Å². The van der Waals surface area contributed by atoms with Crippen LogP contribution in [0.15, 0.2) is 12.3 Å². The van der Waals surface area contributed by atoms with Gasteiger partial charge in [0, 0.05) is 13.2 Å². The number of aromatic nitrogens is 1. The van der Waals surface area contributed by atoms with Crippen LogP contribution in [0.3, 0.4) is 0 Å². The summed E-state index contributed by atoms with van der Waals surface area (Å²) in [5.41, 5.74) is -0.627. The Labute approximate surface area is 76.4 Å². The van der Waals surface area contributed by atoms with Gasteiger partial charge in [-0.2, -0.15) is 0 Å². The normalized spacial score (nSPS) is 15.4. The van der Waals surface area contributed by atoms with Crippen molar-refractivity contribution in [3.63, 3.8) is 0 Å². The zero-order valence-corrected chi connectivity index (χ0v) is 7.90. The largest absolute Gasteiger partial charge is 0.479 e.